The first kappa shape index (κ1) is 17.0. The minimum Gasteiger partial charge on any atom is -0.495 e. The highest BCUT2D eigenvalue weighted by atomic mass is 16.5. The van der Waals surface area contributed by atoms with E-state index in [4.69, 9.17) is 16.2 Å². The molecule has 6 heteroatoms. The summed E-state index contributed by atoms with van der Waals surface area (Å²) in [7, 11) is 1.52. The number of nitrogens with zero attached hydrogens (tertiary/aromatic N) is 2. The number of methoxy groups -OCH3 is 1. The van der Waals surface area contributed by atoms with Gasteiger partial charge in [-0.2, -0.15) is 10.3 Å². The molecule has 0 aromatic heterocycles. The van der Waals surface area contributed by atoms with Crippen LogP contribution in [0.25, 0.3) is 21.9 Å². The predicted octanol–water partition coefficient (Wildman–Crippen LogP) is 2.80. The number of benzene rings is 3. The van der Waals surface area contributed by atoms with E-state index in [1.165, 1.54) is 7.11 Å². The smallest absolute Gasteiger partial charge is 0.280 e. The Morgan fingerprint density at radius 1 is 1.08 bits per heavy atom. The van der Waals surface area contributed by atoms with Crippen molar-refractivity contribution in [2.24, 2.45) is 16.5 Å². The Balaban J connectivity index is 2.27. The van der Waals surface area contributed by atoms with Gasteiger partial charge in [0, 0.05) is 11.1 Å². The minimum atomic E-state index is -0.521. The molecular weight excluding hydrogens is 328 g/mol. The van der Waals surface area contributed by atoms with E-state index >= 15 is 0 Å². The fourth-order valence-corrected chi connectivity index (χ4v) is 2.86. The molecule has 0 spiro atoms. The summed E-state index contributed by atoms with van der Waals surface area (Å²) in [5.41, 5.74) is 12.9. The van der Waals surface area contributed by atoms with Crippen molar-refractivity contribution in [1.29, 1.82) is 5.26 Å². The Bertz CT molecular complexity index is 1080. The SMILES string of the molecule is COc1cccc(-c2cccc3ccc(C(=O)N=C(N)N)cc23)c1C#N. The van der Waals surface area contributed by atoms with Gasteiger partial charge >= 0.3 is 0 Å². The number of nitrogens with two attached hydrogens (primary N) is 2. The van der Waals surface area contributed by atoms with Crippen LogP contribution in [0.5, 0.6) is 5.75 Å². The summed E-state index contributed by atoms with van der Waals surface area (Å²) in [5, 5.41) is 11.3. The fraction of sp³-hybridized carbons (Fsp3) is 0.0500. The van der Waals surface area contributed by atoms with Gasteiger partial charge in [-0.25, -0.2) is 0 Å². The van der Waals surface area contributed by atoms with Gasteiger partial charge in [0.05, 0.1) is 7.11 Å². The molecule has 0 saturated heterocycles. The van der Waals surface area contributed by atoms with Crippen molar-refractivity contribution in [3.05, 3.63) is 65.7 Å². The first-order valence-corrected chi connectivity index (χ1v) is 7.79. The maximum Gasteiger partial charge on any atom is 0.280 e. The molecule has 6 nitrogen and oxygen atoms in total. The van der Waals surface area contributed by atoms with E-state index < -0.39 is 5.91 Å². The van der Waals surface area contributed by atoms with Crippen LogP contribution in [0.3, 0.4) is 0 Å². The molecule has 3 aromatic carbocycles. The van der Waals surface area contributed by atoms with E-state index in [0.29, 0.717) is 16.9 Å². The van der Waals surface area contributed by atoms with Crippen LogP contribution in [0.15, 0.2) is 59.6 Å². The summed E-state index contributed by atoms with van der Waals surface area (Å²) in [6.07, 6.45) is 0. The van der Waals surface area contributed by atoms with E-state index in [1.54, 1.807) is 18.2 Å². The molecule has 0 radical (unpaired) electrons. The molecule has 0 aliphatic carbocycles. The van der Waals surface area contributed by atoms with E-state index in [2.05, 4.69) is 11.1 Å². The maximum absolute atomic E-state index is 12.2. The Morgan fingerprint density at radius 2 is 1.81 bits per heavy atom. The van der Waals surface area contributed by atoms with Crippen molar-refractivity contribution < 1.29 is 9.53 Å². The average molecular weight is 344 g/mol. The second kappa shape index (κ2) is 6.95. The van der Waals surface area contributed by atoms with Crippen LogP contribution in [-0.2, 0) is 0 Å². The van der Waals surface area contributed by atoms with E-state index in [9.17, 15) is 10.1 Å². The first-order valence-electron chi connectivity index (χ1n) is 7.79. The second-order valence-electron chi connectivity index (χ2n) is 5.58. The number of hydrogen-bond acceptors (Lipinski definition) is 3. The molecule has 4 N–H and O–H groups in total. The van der Waals surface area contributed by atoms with Crippen LogP contribution in [-0.4, -0.2) is 19.0 Å². The lowest BCUT2D eigenvalue weighted by Crippen LogP contribution is -2.24. The summed E-state index contributed by atoms with van der Waals surface area (Å²) in [4.78, 5) is 15.7. The quantitative estimate of drug-likeness (QED) is 0.560. The third-order valence-electron chi connectivity index (χ3n) is 4.01. The number of aliphatic imine (C=N–C) groups is 1. The number of hydrogen-bond donors (Lipinski definition) is 2. The van der Waals surface area contributed by atoms with Crippen LogP contribution in [0, 0.1) is 11.3 Å². The third-order valence-corrected chi connectivity index (χ3v) is 4.01. The zero-order chi connectivity index (χ0) is 18.7. The van der Waals surface area contributed by atoms with E-state index in [1.807, 2.05) is 36.4 Å². The van der Waals surface area contributed by atoms with Crippen LogP contribution < -0.4 is 16.2 Å². The van der Waals surface area contributed by atoms with Crippen LogP contribution in [0.4, 0.5) is 0 Å². The lowest BCUT2D eigenvalue weighted by molar-refractivity contribution is 0.100. The lowest BCUT2D eigenvalue weighted by atomic mass is 9.93. The second-order valence-corrected chi connectivity index (χ2v) is 5.58. The van der Waals surface area contributed by atoms with Crippen molar-refractivity contribution >= 4 is 22.6 Å². The van der Waals surface area contributed by atoms with Crippen LogP contribution in [0.2, 0.25) is 0 Å². The molecule has 0 unspecified atom stereocenters. The highest BCUT2D eigenvalue weighted by Crippen LogP contribution is 2.35. The molecule has 3 aromatic rings. The molecule has 0 atom stereocenters. The summed E-state index contributed by atoms with van der Waals surface area (Å²) < 4.78 is 5.29. The molecule has 26 heavy (non-hydrogen) atoms. The average Bonchev–Trinajstić information content (AvgIpc) is 2.65. The summed E-state index contributed by atoms with van der Waals surface area (Å²) in [6.45, 7) is 0. The molecule has 0 heterocycles. The monoisotopic (exact) mass is 344 g/mol. The van der Waals surface area contributed by atoms with Gasteiger partial charge in [0.25, 0.3) is 5.91 Å². The van der Waals surface area contributed by atoms with Gasteiger partial charge < -0.3 is 16.2 Å². The standard InChI is InChI=1S/C20H16N4O2/c1-26-18-7-3-6-15(17(18)11-21)14-5-2-4-12-8-9-13(10-16(12)14)19(25)24-20(22)23/h2-10H,1H3,(H4,22,23,24,25). The van der Waals surface area contributed by atoms with Crippen LogP contribution in [0.1, 0.15) is 15.9 Å². The van der Waals surface area contributed by atoms with Gasteiger partial charge in [0.15, 0.2) is 5.96 Å². The molecular formula is C20H16N4O2. The van der Waals surface area contributed by atoms with Gasteiger partial charge in [0.2, 0.25) is 0 Å². The molecule has 0 bridgehead atoms. The number of amides is 1. The third kappa shape index (κ3) is 3.06. The summed E-state index contributed by atoms with van der Waals surface area (Å²) in [5.74, 6) is -0.314. The zero-order valence-electron chi connectivity index (χ0n) is 14.1. The van der Waals surface area contributed by atoms with Gasteiger partial charge in [-0.15, -0.1) is 0 Å². The Hall–Kier alpha value is -3.85. The molecule has 0 saturated carbocycles. The Labute approximate surface area is 150 Å². The van der Waals surface area contributed by atoms with Crippen molar-refractivity contribution in [1.82, 2.24) is 0 Å². The number of fused-ring (bicyclic) bond motifs is 1. The van der Waals surface area contributed by atoms with Gasteiger partial charge in [-0.3, -0.25) is 4.79 Å². The first-order chi connectivity index (χ1) is 12.5. The summed E-state index contributed by atoms with van der Waals surface area (Å²) >= 11 is 0. The molecule has 0 fully saturated rings. The van der Waals surface area contributed by atoms with Crippen molar-refractivity contribution in [3.63, 3.8) is 0 Å². The molecule has 3 rings (SSSR count). The summed E-state index contributed by atoms with van der Waals surface area (Å²) in [6, 6.07) is 18.5. The zero-order valence-corrected chi connectivity index (χ0v) is 14.1. The van der Waals surface area contributed by atoms with Gasteiger partial charge in [0.1, 0.15) is 17.4 Å². The number of rotatable bonds is 3. The Kier molecular flexibility index (Phi) is 4.54. The van der Waals surface area contributed by atoms with Crippen LogP contribution >= 0.6 is 0 Å². The minimum absolute atomic E-state index is 0.289. The Morgan fingerprint density at radius 3 is 2.50 bits per heavy atom. The number of nitriles is 1. The molecule has 0 aliphatic heterocycles. The molecule has 0 aliphatic rings. The van der Waals surface area contributed by atoms with Gasteiger partial charge in [-0.05, 0) is 34.5 Å². The molecule has 1 amide bonds. The van der Waals surface area contributed by atoms with E-state index in [-0.39, 0.29) is 5.96 Å². The topological polar surface area (TPSA) is 114 Å². The highest BCUT2D eigenvalue weighted by molar-refractivity contribution is 6.06. The fourth-order valence-electron chi connectivity index (χ4n) is 2.86. The number of ether oxygens (including phenoxy) is 1. The largest absolute Gasteiger partial charge is 0.495 e. The maximum atomic E-state index is 12.2. The number of carbonyl (C=O) groups excluding carboxylic acids is 1. The predicted molar refractivity (Wildman–Crippen MR) is 101 cm³/mol. The van der Waals surface area contributed by atoms with Crippen molar-refractivity contribution in [2.45, 2.75) is 0 Å². The van der Waals surface area contributed by atoms with Crippen molar-refractivity contribution in [2.75, 3.05) is 7.11 Å². The van der Waals surface area contributed by atoms with E-state index in [0.717, 1.165) is 21.9 Å². The molecule has 128 valence electrons. The highest BCUT2D eigenvalue weighted by Gasteiger charge is 2.14. The van der Waals surface area contributed by atoms with Crippen molar-refractivity contribution in [3.8, 4) is 22.9 Å². The lowest BCUT2D eigenvalue weighted by Gasteiger charge is -2.12. The number of guanidine groups is 1. The number of carbonyl (C=O) groups is 1. The normalized spacial score (nSPS) is 10.2. The van der Waals surface area contributed by atoms with Gasteiger partial charge in [-0.1, -0.05) is 36.4 Å².